The van der Waals surface area contributed by atoms with Crippen molar-refractivity contribution in [1.82, 2.24) is 25.2 Å². The number of ether oxygens (including phenoxy) is 1. The second-order valence-corrected chi connectivity index (χ2v) is 6.44. The molecule has 1 aliphatic heterocycles. The first-order valence-corrected chi connectivity index (χ1v) is 8.45. The molecule has 1 N–H and O–H groups in total. The number of aromatic nitrogens is 4. The first kappa shape index (κ1) is 16.5. The number of hydrogen-bond donors (Lipinski definition) is 1. The molecule has 1 amide bonds. The Bertz CT molecular complexity index is 890. The third-order valence-corrected chi connectivity index (χ3v) is 4.48. The van der Waals surface area contributed by atoms with Crippen LogP contribution in [0.2, 0.25) is 0 Å². The van der Waals surface area contributed by atoms with Crippen LogP contribution in [0.15, 0.2) is 47.5 Å². The standard InChI is InChI=1S/C18H19N5O3/c1-12-5-16(26-22-12)7-14-8-25-9-17(14)21-18(24)13-3-2-4-15(6-13)23-10-19-20-11-23/h2-6,10-11,14,17H,7-9H2,1H3,(H,21,24). The van der Waals surface area contributed by atoms with Crippen LogP contribution in [0.3, 0.4) is 0 Å². The van der Waals surface area contributed by atoms with Gasteiger partial charge in [0.1, 0.15) is 18.4 Å². The van der Waals surface area contributed by atoms with Gasteiger partial charge in [0.25, 0.3) is 5.91 Å². The molecule has 4 rings (SSSR count). The van der Waals surface area contributed by atoms with E-state index in [1.54, 1.807) is 23.3 Å². The van der Waals surface area contributed by atoms with Crippen LogP contribution in [0.5, 0.6) is 0 Å². The summed E-state index contributed by atoms with van der Waals surface area (Å²) in [4.78, 5) is 12.7. The maximum atomic E-state index is 12.7. The van der Waals surface area contributed by atoms with Crippen LogP contribution in [0.25, 0.3) is 5.69 Å². The molecule has 2 unspecified atom stereocenters. The van der Waals surface area contributed by atoms with Crippen molar-refractivity contribution >= 4 is 5.91 Å². The number of carbonyl (C=O) groups excluding carboxylic acids is 1. The van der Waals surface area contributed by atoms with Crippen molar-refractivity contribution in [3.8, 4) is 5.69 Å². The van der Waals surface area contributed by atoms with Crippen molar-refractivity contribution < 1.29 is 14.1 Å². The van der Waals surface area contributed by atoms with Gasteiger partial charge in [0.15, 0.2) is 0 Å². The summed E-state index contributed by atoms with van der Waals surface area (Å²) in [6.45, 7) is 2.97. The molecule has 1 fully saturated rings. The Labute approximate surface area is 150 Å². The predicted molar refractivity (Wildman–Crippen MR) is 91.9 cm³/mol. The highest BCUT2D eigenvalue weighted by molar-refractivity contribution is 5.95. The molecule has 8 nitrogen and oxygen atoms in total. The normalized spacial score (nSPS) is 19.6. The average Bonchev–Trinajstić information content (AvgIpc) is 3.39. The van der Waals surface area contributed by atoms with E-state index in [1.165, 1.54) is 0 Å². The number of amides is 1. The van der Waals surface area contributed by atoms with Gasteiger partial charge in [-0.1, -0.05) is 11.2 Å². The molecule has 1 aliphatic rings. The van der Waals surface area contributed by atoms with Gasteiger partial charge in [0.2, 0.25) is 0 Å². The molecular weight excluding hydrogens is 334 g/mol. The molecule has 0 aliphatic carbocycles. The van der Waals surface area contributed by atoms with Crippen LogP contribution < -0.4 is 5.32 Å². The molecule has 0 radical (unpaired) electrons. The Kier molecular flexibility index (Phi) is 4.49. The highest BCUT2D eigenvalue weighted by Gasteiger charge is 2.31. The van der Waals surface area contributed by atoms with Crippen molar-refractivity contribution in [2.45, 2.75) is 19.4 Å². The number of carbonyl (C=O) groups is 1. The first-order valence-electron chi connectivity index (χ1n) is 8.45. The molecule has 0 saturated carbocycles. The van der Waals surface area contributed by atoms with Crippen LogP contribution in [-0.4, -0.2) is 45.1 Å². The largest absolute Gasteiger partial charge is 0.379 e. The van der Waals surface area contributed by atoms with Crippen molar-refractivity contribution in [2.75, 3.05) is 13.2 Å². The Morgan fingerprint density at radius 1 is 1.27 bits per heavy atom. The number of nitrogens with zero attached hydrogens (tertiary/aromatic N) is 4. The summed E-state index contributed by atoms with van der Waals surface area (Å²) in [5.74, 6) is 0.841. The van der Waals surface area contributed by atoms with Crippen LogP contribution in [-0.2, 0) is 11.2 Å². The fourth-order valence-corrected chi connectivity index (χ4v) is 3.12. The summed E-state index contributed by atoms with van der Waals surface area (Å²) >= 11 is 0. The van der Waals surface area contributed by atoms with Gasteiger partial charge in [0, 0.05) is 29.7 Å². The lowest BCUT2D eigenvalue weighted by Gasteiger charge is -2.18. The lowest BCUT2D eigenvalue weighted by Crippen LogP contribution is -2.40. The molecule has 1 saturated heterocycles. The Hall–Kier alpha value is -3.00. The molecule has 2 aromatic heterocycles. The van der Waals surface area contributed by atoms with E-state index >= 15 is 0 Å². The maximum absolute atomic E-state index is 12.7. The zero-order chi connectivity index (χ0) is 17.9. The summed E-state index contributed by atoms with van der Waals surface area (Å²) in [6, 6.07) is 9.18. The van der Waals surface area contributed by atoms with E-state index in [4.69, 9.17) is 9.26 Å². The summed E-state index contributed by atoms with van der Waals surface area (Å²) < 4.78 is 12.6. The SMILES string of the molecule is Cc1cc(CC2COCC2NC(=O)c2cccc(-n3cnnc3)c2)on1. The summed E-state index contributed by atoms with van der Waals surface area (Å²) in [5.41, 5.74) is 2.27. The van der Waals surface area contributed by atoms with Crippen molar-refractivity contribution in [3.63, 3.8) is 0 Å². The maximum Gasteiger partial charge on any atom is 0.251 e. The van der Waals surface area contributed by atoms with E-state index in [-0.39, 0.29) is 17.9 Å². The van der Waals surface area contributed by atoms with Gasteiger partial charge in [-0.2, -0.15) is 0 Å². The van der Waals surface area contributed by atoms with E-state index in [2.05, 4.69) is 20.7 Å². The lowest BCUT2D eigenvalue weighted by atomic mass is 9.97. The predicted octanol–water partition coefficient (Wildman–Crippen LogP) is 1.55. The van der Waals surface area contributed by atoms with Gasteiger partial charge in [0.05, 0.1) is 24.9 Å². The lowest BCUT2D eigenvalue weighted by molar-refractivity contribution is 0.0924. The fraction of sp³-hybridized carbons (Fsp3) is 0.333. The molecule has 1 aromatic carbocycles. The molecule has 2 atom stereocenters. The van der Waals surface area contributed by atoms with Gasteiger partial charge in [-0.15, -0.1) is 10.2 Å². The van der Waals surface area contributed by atoms with E-state index in [0.717, 1.165) is 17.1 Å². The summed E-state index contributed by atoms with van der Waals surface area (Å²) in [5, 5.41) is 14.6. The van der Waals surface area contributed by atoms with Crippen molar-refractivity contribution in [1.29, 1.82) is 0 Å². The minimum atomic E-state index is -0.130. The second kappa shape index (κ2) is 7.09. The minimum absolute atomic E-state index is 0.0635. The Morgan fingerprint density at radius 3 is 2.88 bits per heavy atom. The van der Waals surface area contributed by atoms with E-state index in [1.807, 2.05) is 31.2 Å². The molecule has 0 spiro atoms. The third kappa shape index (κ3) is 3.50. The van der Waals surface area contributed by atoms with Crippen molar-refractivity contribution in [2.24, 2.45) is 5.92 Å². The monoisotopic (exact) mass is 353 g/mol. The summed E-state index contributed by atoms with van der Waals surface area (Å²) in [6.07, 6.45) is 3.88. The van der Waals surface area contributed by atoms with E-state index in [0.29, 0.717) is 25.2 Å². The van der Waals surface area contributed by atoms with Crippen LogP contribution >= 0.6 is 0 Å². The molecule has 0 bridgehead atoms. The molecule has 26 heavy (non-hydrogen) atoms. The molecule has 8 heteroatoms. The van der Waals surface area contributed by atoms with Gasteiger partial charge >= 0.3 is 0 Å². The van der Waals surface area contributed by atoms with Gasteiger partial charge in [-0.05, 0) is 25.1 Å². The third-order valence-electron chi connectivity index (χ3n) is 4.48. The number of aryl methyl sites for hydroxylation is 1. The second-order valence-electron chi connectivity index (χ2n) is 6.44. The molecule has 3 aromatic rings. The minimum Gasteiger partial charge on any atom is -0.379 e. The smallest absolute Gasteiger partial charge is 0.251 e. The molecule has 3 heterocycles. The van der Waals surface area contributed by atoms with Crippen LogP contribution in [0.4, 0.5) is 0 Å². The van der Waals surface area contributed by atoms with Crippen LogP contribution in [0.1, 0.15) is 21.8 Å². The highest BCUT2D eigenvalue weighted by Crippen LogP contribution is 2.20. The zero-order valence-electron chi connectivity index (χ0n) is 14.3. The van der Waals surface area contributed by atoms with E-state index < -0.39 is 0 Å². The average molecular weight is 353 g/mol. The van der Waals surface area contributed by atoms with E-state index in [9.17, 15) is 4.79 Å². The molecule has 134 valence electrons. The quantitative estimate of drug-likeness (QED) is 0.748. The number of nitrogens with one attached hydrogen (secondary N) is 1. The Balaban J connectivity index is 1.44. The zero-order valence-corrected chi connectivity index (χ0v) is 14.3. The highest BCUT2D eigenvalue weighted by atomic mass is 16.5. The first-order chi connectivity index (χ1) is 12.7. The van der Waals surface area contributed by atoms with Gasteiger partial charge in [-0.3, -0.25) is 9.36 Å². The van der Waals surface area contributed by atoms with Gasteiger partial charge < -0.3 is 14.6 Å². The topological polar surface area (TPSA) is 95.1 Å². The van der Waals surface area contributed by atoms with Gasteiger partial charge in [-0.25, -0.2) is 0 Å². The van der Waals surface area contributed by atoms with Crippen LogP contribution in [0, 0.1) is 12.8 Å². The number of hydrogen-bond acceptors (Lipinski definition) is 6. The van der Waals surface area contributed by atoms with Crippen molar-refractivity contribution in [3.05, 3.63) is 60.0 Å². The number of rotatable bonds is 5. The fourth-order valence-electron chi connectivity index (χ4n) is 3.12. The Morgan fingerprint density at radius 2 is 2.12 bits per heavy atom. The number of benzene rings is 1. The molecular formula is C18H19N5O3. The summed E-state index contributed by atoms with van der Waals surface area (Å²) in [7, 11) is 0.